The van der Waals surface area contributed by atoms with Crippen molar-refractivity contribution in [2.45, 2.75) is 42.3 Å². The van der Waals surface area contributed by atoms with Gasteiger partial charge in [0.05, 0.1) is 4.83 Å². The van der Waals surface area contributed by atoms with E-state index in [-0.39, 0.29) is 6.42 Å². The third-order valence-electron chi connectivity index (χ3n) is 2.27. The van der Waals surface area contributed by atoms with Crippen LogP contribution in [0.5, 0.6) is 0 Å². The standard InChI is InChI=1S/C7H10BrF3O/c8-5-3-1-2-4-6(5,12)7(9,10)11/h5,12H,1-4H2. The first-order valence-electron chi connectivity index (χ1n) is 3.81. The van der Waals surface area contributed by atoms with Crippen LogP contribution >= 0.6 is 15.9 Å². The Morgan fingerprint density at radius 2 is 1.92 bits per heavy atom. The van der Waals surface area contributed by atoms with Gasteiger partial charge in [-0.2, -0.15) is 13.2 Å². The van der Waals surface area contributed by atoms with Crippen LogP contribution in [0.25, 0.3) is 0 Å². The van der Waals surface area contributed by atoms with Crippen LogP contribution in [0.15, 0.2) is 0 Å². The second kappa shape index (κ2) is 3.18. The third kappa shape index (κ3) is 1.62. The highest BCUT2D eigenvalue weighted by Crippen LogP contribution is 2.44. The van der Waals surface area contributed by atoms with Crippen LogP contribution in [0.3, 0.4) is 0 Å². The number of aliphatic hydroxyl groups is 1. The normalized spacial score (nSPS) is 38.2. The molecule has 0 amide bonds. The average Bonchev–Trinajstić information content (AvgIpc) is 1.93. The Morgan fingerprint density at radius 3 is 2.25 bits per heavy atom. The fourth-order valence-electron chi connectivity index (χ4n) is 1.43. The summed E-state index contributed by atoms with van der Waals surface area (Å²) < 4.78 is 36.9. The van der Waals surface area contributed by atoms with Crippen LogP contribution in [0.4, 0.5) is 13.2 Å². The molecule has 0 aromatic heterocycles. The lowest BCUT2D eigenvalue weighted by Crippen LogP contribution is -2.53. The van der Waals surface area contributed by atoms with Crippen LogP contribution < -0.4 is 0 Å². The molecule has 72 valence electrons. The molecule has 0 spiro atoms. The Balaban J connectivity index is 2.79. The zero-order valence-electron chi connectivity index (χ0n) is 6.36. The first-order valence-corrected chi connectivity index (χ1v) is 4.72. The van der Waals surface area contributed by atoms with Crippen LogP contribution in [0.2, 0.25) is 0 Å². The molecule has 0 radical (unpaired) electrons. The molecule has 1 fully saturated rings. The van der Waals surface area contributed by atoms with Crippen molar-refractivity contribution in [2.75, 3.05) is 0 Å². The van der Waals surface area contributed by atoms with Gasteiger partial charge in [0.25, 0.3) is 0 Å². The van der Waals surface area contributed by atoms with Crippen molar-refractivity contribution < 1.29 is 18.3 Å². The minimum atomic E-state index is -4.51. The Hall–Kier alpha value is 0.230. The molecule has 0 saturated heterocycles. The molecule has 0 aliphatic heterocycles. The van der Waals surface area contributed by atoms with Gasteiger partial charge in [0, 0.05) is 0 Å². The summed E-state index contributed by atoms with van der Waals surface area (Å²) in [6.45, 7) is 0. The van der Waals surface area contributed by atoms with Gasteiger partial charge in [-0.1, -0.05) is 28.8 Å². The van der Waals surface area contributed by atoms with Gasteiger partial charge in [-0.3, -0.25) is 0 Å². The topological polar surface area (TPSA) is 20.2 Å². The Bertz CT molecular complexity index is 171. The largest absolute Gasteiger partial charge is 0.418 e. The van der Waals surface area contributed by atoms with Crippen LogP contribution in [-0.2, 0) is 0 Å². The molecule has 1 nitrogen and oxygen atoms in total. The second-order valence-corrected chi connectivity index (χ2v) is 4.24. The van der Waals surface area contributed by atoms with E-state index in [1.54, 1.807) is 0 Å². The van der Waals surface area contributed by atoms with Gasteiger partial charge in [0.2, 0.25) is 0 Å². The summed E-state index contributed by atoms with van der Waals surface area (Å²) >= 11 is 2.88. The summed E-state index contributed by atoms with van der Waals surface area (Å²) in [5, 5.41) is 9.30. The molecule has 0 heterocycles. The average molecular weight is 247 g/mol. The van der Waals surface area contributed by atoms with E-state index in [9.17, 15) is 18.3 Å². The van der Waals surface area contributed by atoms with E-state index in [2.05, 4.69) is 15.9 Å². The maximum Gasteiger partial charge on any atom is 0.418 e. The summed E-state index contributed by atoms with van der Waals surface area (Å²) in [4.78, 5) is -0.848. The summed E-state index contributed by atoms with van der Waals surface area (Å²) in [5.74, 6) is 0. The highest BCUT2D eigenvalue weighted by atomic mass is 79.9. The number of hydrogen-bond acceptors (Lipinski definition) is 1. The maximum absolute atomic E-state index is 12.3. The highest BCUT2D eigenvalue weighted by Gasteiger charge is 2.58. The van der Waals surface area contributed by atoms with Crippen LogP contribution in [0, 0.1) is 0 Å². The molecule has 1 aliphatic carbocycles. The number of alkyl halides is 4. The smallest absolute Gasteiger partial charge is 0.379 e. The van der Waals surface area contributed by atoms with Crippen molar-refractivity contribution in [3.05, 3.63) is 0 Å². The monoisotopic (exact) mass is 246 g/mol. The van der Waals surface area contributed by atoms with E-state index >= 15 is 0 Å². The van der Waals surface area contributed by atoms with Crippen molar-refractivity contribution in [2.24, 2.45) is 0 Å². The van der Waals surface area contributed by atoms with Crippen molar-refractivity contribution >= 4 is 15.9 Å². The minimum Gasteiger partial charge on any atom is -0.379 e. The van der Waals surface area contributed by atoms with E-state index in [0.717, 1.165) is 6.42 Å². The first kappa shape index (κ1) is 10.3. The molecule has 0 aromatic carbocycles. The number of hydrogen-bond donors (Lipinski definition) is 1. The van der Waals surface area contributed by atoms with Crippen LogP contribution in [-0.4, -0.2) is 21.7 Å². The van der Waals surface area contributed by atoms with Gasteiger partial charge < -0.3 is 5.11 Å². The van der Waals surface area contributed by atoms with Crippen molar-refractivity contribution in [1.82, 2.24) is 0 Å². The number of rotatable bonds is 0. The summed E-state index contributed by atoms with van der Waals surface area (Å²) in [6.07, 6.45) is -3.13. The van der Waals surface area contributed by atoms with Gasteiger partial charge in [-0.25, -0.2) is 0 Å². The molecular weight excluding hydrogens is 237 g/mol. The fourth-order valence-corrected chi connectivity index (χ4v) is 2.25. The van der Waals surface area contributed by atoms with E-state index in [1.165, 1.54) is 0 Å². The van der Waals surface area contributed by atoms with E-state index in [1.807, 2.05) is 0 Å². The third-order valence-corrected chi connectivity index (χ3v) is 3.49. The van der Waals surface area contributed by atoms with Crippen molar-refractivity contribution in [3.63, 3.8) is 0 Å². The highest BCUT2D eigenvalue weighted by molar-refractivity contribution is 9.09. The predicted molar refractivity (Wildman–Crippen MR) is 42.2 cm³/mol. The molecule has 1 rings (SSSR count). The molecule has 0 aromatic rings. The Labute approximate surface area is 77.1 Å². The van der Waals surface area contributed by atoms with Gasteiger partial charge >= 0.3 is 6.18 Å². The van der Waals surface area contributed by atoms with Gasteiger partial charge in [0.1, 0.15) is 0 Å². The molecule has 1 N–H and O–H groups in total. The summed E-state index contributed by atoms with van der Waals surface area (Å²) in [6, 6.07) is 0. The lowest BCUT2D eigenvalue weighted by molar-refractivity contribution is -0.266. The molecule has 1 aliphatic rings. The molecule has 12 heavy (non-hydrogen) atoms. The summed E-state index contributed by atoms with van der Waals surface area (Å²) in [5.41, 5.74) is -2.51. The van der Waals surface area contributed by atoms with Crippen molar-refractivity contribution in [3.8, 4) is 0 Å². The molecule has 0 bridgehead atoms. The first-order chi connectivity index (χ1) is 5.38. The SMILES string of the molecule is OC1(C(F)(F)F)CCCCC1Br. The molecular formula is C7H10BrF3O. The molecule has 2 atom stereocenters. The molecule has 2 unspecified atom stereocenters. The second-order valence-electron chi connectivity index (χ2n) is 3.14. The zero-order chi connectivity index (χ0) is 9.41. The quantitative estimate of drug-likeness (QED) is 0.652. The van der Waals surface area contributed by atoms with Crippen molar-refractivity contribution in [1.29, 1.82) is 0 Å². The zero-order valence-corrected chi connectivity index (χ0v) is 7.95. The Kier molecular flexibility index (Phi) is 2.73. The fraction of sp³-hybridized carbons (Fsp3) is 1.00. The van der Waals surface area contributed by atoms with E-state index in [0.29, 0.717) is 12.8 Å². The van der Waals surface area contributed by atoms with E-state index in [4.69, 9.17) is 0 Å². The minimum absolute atomic E-state index is 0.188. The predicted octanol–water partition coefficient (Wildman–Crippen LogP) is 2.62. The Morgan fingerprint density at radius 1 is 1.33 bits per heavy atom. The van der Waals surface area contributed by atoms with Gasteiger partial charge in [0.15, 0.2) is 5.60 Å². The lowest BCUT2D eigenvalue weighted by atomic mass is 9.84. The lowest BCUT2D eigenvalue weighted by Gasteiger charge is -2.38. The molecule has 1 saturated carbocycles. The summed E-state index contributed by atoms with van der Waals surface area (Å²) in [7, 11) is 0. The maximum atomic E-state index is 12.3. The van der Waals surface area contributed by atoms with Gasteiger partial charge in [-0.05, 0) is 12.8 Å². The number of halogens is 4. The van der Waals surface area contributed by atoms with E-state index < -0.39 is 16.6 Å². The van der Waals surface area contributed by atoms with Gasteiger partial charge in [-0.15, -0.1) is 0 Å². The molecule has 5 heteroatoms. The van der Waals surface area contributed by atoms with Crippen LogP contribution in [0.1, 0.15) is 25.7 Å².